The van der Waals surface area contributed by atoms with Crippen LogP contribution in [0.5, 0.6) is 0 Å². The van der Waals surface area contributed by atoms with E-state index in [0.717, 1.165) is 6.07 Å². The van der Waals surface area contributed by atoms with E-state index in [9.17, 15) is 18.0 Å². The van der Waals surface area contributed by atoms with Gasteiger partial charge in [-0.15, -0.1) is 0 Å². The molecule has 0 saturated heterocycles. The largest absolute Gasteiger partial charge is 0.444 e. The van der Waals surface area contributed by atoms with E-state index < -0.39 is 23.4 Å². The molecule has 0 unspecified atom stereocenters. The van der Waals surface area contributed by atoms with Gasteiger partial charge in [0.25, 0.3) is 0 Å². The highest BCUT2D eigenvalue weighted by molar-refractivity contribution is 5.77. The Morgan fingerprint density at radius 1 is 1.30 bits per heavy atom. The molecule has 1 aliphatic rings. The third kappa shape index (κ3) is 4.24. The molecule has 0 spiro atoms. The van der Waals surface area contributed by atoms with Crippen LogP contribution in [0.2, 0.25) is 0 Å². The van der Waals surface area contributed by atoms with Gasteiger partial charge in [-0.25, -0.2) is 4.79 Å². The van der Waals surface area contributed by atoms with Crippen molar-refractivity contribution in [3.05, 3.63) is 35.2 Å². The molecule has 0 aromatic carbocycles. The van der Waals surface area contributed by atoms with E-state index >= 15 is 0 Å². The van der Waals surface area contributed by atoms with E-state index in [1.54, 1.807) is 26.8 Å². The molecule has 2 heterocycles. The van der Waals surface area contributed by atoms with Crippen LogP contribution in [0.25, 0.3) is 5.57 Å². The first kappa shape index (κ1) is 17.3. The van der Waals surface area contributed by atoms with Crippen LogP contribution >= 0.6 is 0 Å². The maximum atomic E-state index is 13.0. The Labute approximate surface area is 133 Å². The zero-order valence-electron chi connectivity index (χ0n) is 13.5. The molecule has 7 heteroatoms. The van der Waals surface area contributed by atoms with E-state index in [4.69, 9.17) is 4.74 Å². The Morgan fingerprint density at radius 2 is 1.96 bits per heavy atom. The standard InChI is InChI=1S/C16H19F3N2O2/c1-10-13(16(17,18)19)7-12(8-20-10)11-5-6-21(9-11)14(22)23-15(2,3)4/h5,7-8H,6,9H2,1-4H3. The molecule has 1 aromatic heterocycles. The molecule has 2 rings (SSSR count). The zero-order valence-corrected chi connectivity index (χ0v) is 13.5. The molecule has 1 aromatic rings. The molecule has 0 aliphatic carbocycles. The molecule has 0 N–H and O–H groups in total. The number of pyridine rings is 1. The van der Waals surface area contributed by atoms with Gasteiger partial charge < -0.3 is 9.64 Å². The zero-order chi connectivity index (χ0) is 17.4. The fourth-order valence-electron chi connectivity index (χ4n) is 2.23. The fourth-order valence-corrected chi connectivity index (χ4v) is 2.23. The smallest absolute Gasteiger partial charge is 0.418 e. The summed E-state index contributed by atoms with van der Waals surface area (Å²) < 4.78 is 44.1. The van der Waals surface area contributed by atoms with Gasteiger partial charge in [0.2, 0.25) is 0 Å². The lowest BCUT2D eigenvalue weighted by molar-refractivity contribution is -0.138. The Kier molecular flexibility index (Phi) is 4.41. The SMILES string of the molecule is Cc1ncc(C2=CCN(C(=O)OC(C)(C)C)C2)cc1C(F)(F)F. The minimum atomic E-state index is -4.45. The number of alkyl halides is 3. The van der Waals surface area contributed by atoms with Crippen molar-refractivity contribution in [1.82, 2.24) is 9.88 Å². The first-order valence-corrected chi connectivity index (χ1v) is 7.18. The third-order valence-corrected chi connectivity index (χ3v) is 3.33. The number of nitrogens with zero attached hydrogens (tertiary/aromatic N) is 2. The molecule has 0 bridgehead atoms. The van der Waals surface area contributed by atoms with Crippen LogP contribution in [-0.4, -0.2) is 34.7 Å². The molecule has 126 valence electrons. The number of halogens is 3. The summed E-state index contributed by atoms with van der Waals surface area (Å²) in [5.74, 6) is 0. The number of carbonyl (C=O) groups is 1. The van der Waals surface area contributed by atoms with Gasteiger partial charge in [0, 0.05) is 25.0 Å². The number of aromatic nitrogens is 1. The lowest BCUT2D eigenvalue weighted by Crippen LogP contribution is -2.35. The molecular formula is C16H19F3N2O2. The summed E-state index contributed by atoms with van der Waals surface area (Å²) in [6.45, 7) is 7.11. The number of hydrogen-bond acceptors (Lipinski definition) is 3. The van der Waals surface area contributed by atoms with Gasteiger partial charge in [0.15, 0.2) is 0 Å². The van der Waals surface area contributed by atoms with E-state index in [1.165, 1.54) is 18.0 Å². The highest BCUT2D eigenvalue weighted by Gasteiger charge is 2.34. The molecule has 0 radical (unpaired) electrons. The molecule has 0 saturated carbocycles. The maximum Gasteiger partial charge on any atom is 0.418 e. The summed E-state index contributed by atoms with van der Waals surface area (Å²) in [7, 11) is 0. The highest BCUT2D eigenvalue weighted by atomic mass is 19.4. The lowest BCUT2D eigenvalue weighted by atomic mass is 10.1. The van der Waals surface area contributed by atoms with E-state index in [2.05, 4.69) is 4.98 Å². The van der Waals surface area contributed by atoms with Crippen molar-refractivity contribution in [2.75, 3.05) is 13.1 Å². The Bertz CT molecular complexity index is 646. The average molecular weight is 328 g/mol. The quantitative estimate of drug-likeness (QED) is 0.781. The number of carbonyl (C=O) groups excluding carboxylic acids is 1. The Balaban J connectivity index is 2.15. The van der Waals surface area contributed by atoms with Gasteiger partial charge in [-0.1, -0.05) is 6.08 Å². The summed E-state index contributed by atoms with van der Waals surface area (Å²) in [6.07, 6.45) is -1.82. The molecule has 0 atom stereocenters. The van der Waals surface area contributed by atoms with Crippen molar-refractivity contribution in [2.24, 2.45) is 0 Å². The van der Waals surface area contributed by atoms with Gasteiger partial charge in [0.05, 0.1) is 5.56 Å². The minimum absolute atomic E-state index is 0.0659. The average Bonchev–Trinajstić information content (AvgIpc) is 2.85. The van der Waals surface area contributed by atoms with Crippen molar-refractivity contribution in [2.45, 2.75) is 39.5 Å². The van der Waals surface area contributed by atoms with Gasteiger partial charge in [0.1, 0.15) is 5.60 Å². The van der Waals surface area contributed by atoms with Crippen molar-refractivity contribution < 1.29 is 22.7 Å². The third-order valence-electron chi connectivity index (χ3n) is 3.33. The molecule has 1 amide bonds. The first-order chi connectivity index (χ1) is 10.5. The summed E-state index contributed by atoms with van der Waals surface area (Å²) in [5.41, 5.74) is -0.437. The summed E-state index contributed by atoms with van der Waals surface area (Å²) in [4.78, 5) is 17.3. The molecule has 1 aliphatic heterocycles. The van der Waals surface area contributed by atoms with Crippen molar-refractivity contribution in [1.29, 1.82) is 0 Å². The van der Waals surface area contributed by atoms with Crippen LogP contribution in [0.3, 0.4) is 0 Å². The van der Waals surface area contributed by atoms with Crippen LogP contribution in [-0.2, 0) is 10.9 Å². The Morgan fingerprint density at radius 3 is 2.52 bits per heavy atom. The predicted molar refractivity (Wildman–Crippen MR) is 79.8 cm³/mol. The maximum absolute atomic E-state index is 13.0. The Hall–Kier alpha value is -2.05. The molecular weight excluding hydrogens is 309 g/mol. The minimum Gasteiger partial charge on any atom is -0.444 e. The van der Waals surface area contributed by atoms with Gasteiger partial charge >= 0.3 is 12.3 Å². The van der Waals surface area contributed by atoms with Crippen molar-refractivity contribution >= 4 is 11.7 Å². The number of amides is 1. The normalized spacial score (nSPS) is 15.6. The van der Waals surface area contributed by atoms with E-state index in [1.807, 2.05) is 0 Å². The first-order valence-electron chi connectivity index (χ1n) is 7.18. The number of rotatable bonds is 1. The molecule has 4 nitrogen and oxygen atoms in total. The van der Waals surface area contributed by atoms with Crippen LogP contribution in [0.15, 0.2) is 18.3 Å². The molecule has 0 fully saturated rings. The summed E-state index contributed by atoms with van der Waals surface area (Å²) in [5, 5.41) is 0. The monoisotopic (exact) mass is 328 g/mol. The predicted octanol–water partition coefficient (Wildman–Crippen LogP) is 4.04. The van der Waals surface area contributed by atoms with Crippen LogP contribution < -0.4 is 0 Å². The van der Waals surface area contributed by atoms with Crippen LogP contribution in [0.4, 0.5) is 18.0 Å². The summed E-state index contributed by atoms with van der Waals surface area (Å²) in [6, 6.07) is 1.08. The van der Waals surface area contributed by atoms with Crippen LogP contribution in [0.1, 0.15) is 37.6 Å². The number of aryl methyl sites for hydroxylation is 1. The van der Waals surface area contributed by atoms with E-state index in [0.29, 0.717) is 17.7 Å². The second-order valence-electron chi connectivity index (χ2n) is 6.44. The van der Waals surface area contributed by atoms with E-state index in [-0.39, 0.29) is 12.2 Å². The second-order valence-corrected chi connectivity index (χ2v) is 6.44. The second kappa shape index (κ2) is 5.86. The van der Waals surface area contributed by atoms with Gasteiger partial charge in [-0.05, 0) is 44.9 Å². The summed E-state index contributed by atoms with van der Waals surface area (Å²) >= 11 is 0. The fraction of sp³-hybridized carbons (Fsp3) is 0.500. The van der Waals surface area contributed by atoms with Crippen molar-refractivity contribution in [3.8, 4) is 0 Å². The number of hydrogen-bond donors (Lipinski definition) is 0. The van der Waals surface area contributed by atoms with Crippen molar-refractivity contribution in [3.63, 3.8) is 0 Å². The molecule has 23 heavy (non-hydrogen) atoms. The highest BCUT2D eigenvalue weighted by Crippen LogP contribution is 2.33. The van der Waals surface area contributed by atoms with Crippen LogP contribution in [0, 0.1) is 6.92 Å². The van der Waals surface area contributed by atoms with Gasteiger partial charge in [-0.2, -0.15) is 13.2 Å². The van der Waals surface area contributed by atoms with Gasteiger partial charge in [-0.3, -0.25) is 4.98 Å². The number of ether oxygens (including phenoxy) is 1. The lowest BCUT2D eigenvalue weighted by Gasteiger charge is -2.24. The topological polar surface area (TPSA) is 42.4 Å².